The van der Waals surface area contributed by atoms with Gasteiger partial charge >= 0.3 is 0 Å². The van der Waals surface area contributed by atoms with Crippen LogP contribution in [0.15, 0.2) is 36.5 Å². The fourth-order valence-electron chi connectivity index (χ4n) is 3.92. The first-order valence-electron chi connectivity index (χ1n) is 10.7. The van der Waals surface area contributed by atoms with Gasteiger partial charge in [-0.25, -0.2) is 4.39 Å². The van der Waals surface area contributed by atoms with Gasteiger partial charge in [-0.1, -0.05) is 23.4 Å². The molecule has 32 heavy (non-hydrogen) atoms. The Hall–Kier alpha value is -3.56. The Kier molecular flexibility index (Phi) is 6.29. The average Bonchev–Trinajstić information content (AvgIpc) is 3.39. The molecule has 0 saturated carbocycles. The summed E-state index contributed by atoms with van der Waals surface area (Å²) in [6, 6.07) is 8.36. The van der Waals surface area contributed by atoms with Gasteiger partial charge in [-0.2, -0.15) is 9.78 Å². The van der Waals surface area contributed by atoms with E-state index < -0.39 is 0 Å². The minimum atomic E-state index is -0.260. The number of nitrogens with zero attached hydrogens (tertiary/aromatic N) is 6. The number of piperidine rings is 1. The standard InChI is InChI=1S/C22H26FN7O2/c1-15-20(25-27-30(15)19-10-12-28(2)26-19)22(32)29-13-8-17(9-14-29)21(31)24-11-7-16-5-3-4-6-18(16)23/h3-6,10,12,17H,7-9,11,13-14H2,1-2H3,(H,24,31). The summed E-state index contributed by atoms with van der Waals surface area (Å²) in [5, 5.41) is 15.3. The Labute approximate surface area is 185 Å². The molecule has 0 atom stereocenters. The third kappa shape index (κ3) is 4.53. The normalized spacial score (nSPS) is 14.5. The molecule has 168 valence electrons. The minimum Gasteiger partial charge on any atom is -0.356 e. The molecule has 4 rings (SSSR count). The Morgan fingerprint density at radius 1 is 1.19 bits per heavy atom. The van der Waals surface area contributed by atoms with Gasteiger partial charge in [0.2, 0.25) is 5.91 Å². The average molecular weight is 439 g/mol. The van der Waals surface area contributed by atoms with E-state index in [9.17, 15) is 14.0 Å². The lowest BCUT2D eigenvalue weighted by Crippen LogP contribution is -2.43. The number of carbonyl (C=O) groups is 2. The highest BCUT2D eigenvalue weighted by atomic mass is 19.1. The number of benzene rings is 1. The van der Waals surface area contributed by atoms with E-state index in [1.165, 1.54) is 6.07 Å². The van der Waals surface area contributed by atoms with E-state index in [1.54, 1.807) is 51.6 Å². The molecule has 1 fully saturated rings. The predicted octanol–water partition coefficient (Wildman–Crippen LogP) is 1.66. The van der Waals surface area contributed by atoms with Crippen molar-refractivity contribution in [1.82, 2.24) is 35.0 Å². The summed E-state index contributed by atoms with van der Waals surface area (Å²) in [5.41, 5.74) is 1.51. The molecule has 2 amide bonds. The molecular weight excluding hydrogens is 413 g/mol. The number of nitrogens with one attached hydrogen (secondary N) is 1. The van der Waals surface area contributed by atoms with Crippen molar-refractivity contribution in [3.63, 3.8) is 0 Å². The second-order valence-electron chi connectivity index (χ2n) is 7.98. The van der Waals surface area contributed by atoms with E-state index in [-0.39, 0.29) is 23.5 Å². The summed E-state index contributed by atoms with van der Waals surface area (Å²) < 4.78 is 16.9. The largest absolute Gasteiger partial charge is 0.356 e. The van der Waals surface area contributed by atoms with Crippen LogP contribution in [0, 0.1) is 18.7 Å². The maximum atomic E-state index is 13.7. The zero-order valence-electron chi connectivity index (χ0n) is 18.2. The molecule has 1 aliphatic heterocycles. The molecule has 0 unspecified atom stereocenters. The zero-order valence-corrected chi connectivity index (χ0v) is 18.2. The van der Waals surface area contributed by atoms with Gasteiger partial charge in [-0.3, -0.25) is 14.3 Å². The maximum Gasteiger partial charge on any atom is 0.276 e. The Morgan fingerprint density at radius 3 is 2.62 bits per heavy atom. The van der Waals surface area contributed by atoms with E-state index >= 15 is 0 Å². The molecule has 1 aromatic carbocycles. The van der Waals surface area contributed by atoms with Crippen molar-refractivity contribution in [2.75, 3.05) is 19.6 Å². The van der Waals surface area contributed by atoms with Crippen LogP contribution in [0.5, 0.6) is 0 Å². The van der Waals surface area contributed by atoms with Crippen molar-refractivity contribution in [3.05, 3.63) is 59.3 Å². The van der Waals surface area contributed by atoms with Crippen LogP contribution in [0.3, 0.4) is 0 Å². The van der Waals surface area contributed by atoms with Crippen molar-refractivity contribution in [2.24, 2.45) is 13.0 Å². The van der Waals surface area contributed by atoms with Crippen LogP contribution in [0.25, 0.3) is 5.82 Å². The number of amides is 2. The van der Waals surface area contributed by atoms with Crippen LogP contribution < -0.4 is 5.32 Å². The zero-order chi connectivity index (χ0) is 22.7. The van der Waals surface area contributed by atoms with E-state index in [1.807, 2.05) is 7.05 Å². The van der Waals surface area contributed by atoms with E-state index in [0.717, 1.165) is 0 Å². The highest BCUT2D eigenvalue weighted by Crippen LogP contribution is 2.20. The quantitative estimate of drug-likeness (QED) is 0.630. The fraction of sp³-hybridized carbons (Fsp3) is 0.409. The van der Waals surface area contributed by atoms with Crippen LogP contribution in [0.2, 0.25) is 0 Å². The summed E-state index contributed by atoms with van der Waals surface area (Å²) in [5.74, 6) is -0.0649. The third-order valence-electron chi connectivity index (χ3n) is 5.82. The maximum absolute atomic E-state index is 13.7. The molecule has 3 aromatic rings. The van der Waals surface area contributed by atoms with Gasteiger partial charge in [-0.05, 0) is 37.8 Å². The minimum absolute atomic E-state index is 0.0503. The Balaban J connectivity index is 1.29. The highest BCUT2D eigenvalue weighted by Gasteiger charge is 2.30. The summed E-state index contributed by atoms with van der Waals surface area (Å²) in [4.78, 5) is 27.2. The van der Waals surface area contributed by atoms with Gasteiger partial charge in [0.15, 0.2) is 11.5 Å². The van der Waals surface area contributed by atoms with Crippen molar-refractivity contribution in [2.45, 2.75) is 26.2 Å². The molecule has 0 bridgehead atoms. The Morgan fingerprint density at radius 2 is 1.94 bits per heavy atom. The smallest absolute Gasteiger partial charge is 0.276 e. The molecule has 1 aliphatic rings. The summed E-state index contributed by atoms with van der Waals surface area (Å²) in [6.45, 7) is 3.12. The highest BCUT2D eigenvalue weighted by molar-refractivity contribution is 5.93. The van der Waals surface area contributed by atoms with Crippen LogP contribution in [0.4, 0.5) is 4.39 Å². The SMILES string of the molecule is Cc1c(C(=O)N2CCC(C(=O)NCCc3ccccc3F)CC2)nnn1-c1ccn(C)n1. The number of hydrogen-bond donors (Lipinski definition) is 1. The molecule has 10 heteroatoms. The van der Waals surface area contributed by atoms with Gasteiger partial charge in [0, 0.05) is 44.9 Å². The summed E-state index contributed by atoms with van der Waals surface area (Å²) in [7, 11) is 1.81. The lowest BCUT2D eigenvalue weighted by atomic mass is 9.95. The molecule has 3 heterocycles. The predicted molar refractivity (Wildman–Crippen MR) is 115 cm³/mol. The van der Waals surface area contributed by atoms with Crippen LogP contribution >= 0.6 is 0 Å². The van der Waals surface area contributed by atoms with Gasteiger partial charge in [0.05, 0.1) is 5.69 Å². The number of carbonyl (C=O) groups excluding carboxylic acids is 2. The molecule has 2 aromatic heterocycles. The van der Waals surface area contributed by atoms with E-state index in [2.05, 4.69) is 20.7 Å². The van der Waals surface area contributed by atoms with Crippen molar-refractivity contribution in [3.8, 4) is 5.82 Å². The fourth-order valence-corrected chi connectivity index (χ4v) is 3.92. The number of rotatable bonds is 6. The van der Waals surface area contributed by atoms with Crippen LogP contribution in [-0.2, 0) is 18.3 Å². The molecule has 0 spiro atoms. The first-order valence-corrected chi connectivity index (χ1v) is 10.7. The summed E-state index contributed by atoms with van der Waals surface area (Å²) >= 11 is 0. The molecule has 9 nitrogen and oxygen atoms in total. The third-order valence-corrected chi connectivity index (χ3v) is 5.82. The van der Waals surface area contributed by atoms with Crippen LogP contribution in [0.1, 0.15) is 34.6 Å². The number of aryl methyl sites for hydroxylation is 1. The first-order chi connectivity index (χ1) is 15.4. The number of halogens is 1. The van der Waals surface area contributed by atoms with Crippen molar-refractivity contribution in [1.29, 1.82) is 0 Å². The van der Waals surface area contributed by atoms with Gasteiger partial charge in [-0.15, -0.1) is 5.10 Å². The van der Waals surface area contributed by atoms with Gasteiger partial charge in [0.1, 0.15) is 5.82 Å². The number of aromatic nitrogens is 5. The molecule has 0 aliphatic carbocycles. The van der Waals surface area contributed by atoms with E-state index in [0.29, 0.717) is 61.7 Å². The van der Waals surface area contributed by atoms with E-state index in [4.69, 9.17) is 0 Å². The second kappa shape index (κ2) is 9.29. The first kappa shape index (κ1) is 21.7. The number of hydrogen-bond acceptors (Lipinski definition) is 5. The van der Waals surface area contributed by atoms with Gasteiger partial charge < -0.3 is 10.2 Å². The van der Waals surface area contributed by atoms with Crippen molar-refractivity contribution < 1.29 is 14.0 Å². The number of likely N-dealkylation sites (tertiary alicyclic amines) is 1. The molecule has 0 radical (unpaired) electrons. The van der Waals surface area contributed by atoms with Crippen LogP contribution in [-0.4, -0.2) is 61.1 Å². The Bertz CT molecular complexity index is 1120. The van der Waals surface area contributed by atoms with Crippen molar-refractivity contribution >= 4 is 11.8 Å². The molecule has 1 N–H and O–H groups in total. The van der Waals surface area contributed by atoms with Gasteiger partial charge in [0.25, 0.3) is 5.91 Å². The molecular formula is C22H26FN7O2. The summed E-state index contributed by atoms with van der Waals surface area (Å²) in [6.07, 6.45) is 3.39. The lowest BCUT2D eigenvalue weighted by Gasteiger charge is -2.31. The lowest BCUT2D eigenvalue weighted by molar-refractivity contribution is -0.126. The second-order valence-corrected chi connectivity index (χ2v) is 7.98. The molecule has 1 saturated heterocycles. The monoisotopic (exact) mass is 439 g/mol. The topological polar surface area (TPSA) is 97.9 Å².